The summed E-state index contributed by atoms with van der Waals surface area (Å²) in [7, 11) is 0. The highest BCUT2D eigenvalue weighted by Crippen LogP contribution is 2.47. The number of amides is 1. The third kappa shape index (κ3) is 2.41. The quantitative estimate of drug-likeness (QED) is 0.929. The second-order valence-electron chi connectivity index (χ2n) is 6.59. The van der Waals surface area contributed by atoms with Crippen molar-refractivity contribution in [3.8, 4) is 0 Å². The lowest BCUT2D eigenvalue weighted by molar-refractivity contribution is -0.131. The average Bonchev–Trinajstić information content (AvgIpc) is 2.82. The average molecular weight is 306 g/mol. The molecule has 4 rings (SSSR count). The molecule has 3 fully saturated rings. The van der Waals surface area contributed by atoms with E-state index in [0.29, 0.717) is 11.8 Å². The predicted molar refractivity (Wildman–Crippen MR) is 82.2 cm³/mol. The molecule has 2 atom stereocenters. The Hall–Kier alpha value is -0.910. The first-order valence-corrected chi connectivity index (χ1v) is 8.72. The summed E-state index contributed by atoms with van der Waals surface area (Å²) in [5, 5.41) is 3.60. The molecule has 1 spiro atoms. The van der Waals surface area contributed by atoms with Crippen LogP contribution in [-0.2, 0) is 9.53 Å². The molecule has 1 aromatic heterocycles. The zero-order chi connectivity index (χ0) is 14.4. The number of rotatable bonds is 4. The Bertz CT molecular complexity index is 546. The first-order chi connectivity index (χ1) is 10.2. The van der Waals surface area contributed by atoms with Crippen LogP contribution in [0.2, 0.25) is 0 Å². The molecule has 0 bridgehead atoms. The maximum absolute atomic E-state index is 12.7. The number of carbonyl (C=O) groups is 1. The molecule has 2 aliphatic heterocycles. The molecule has 1 aliphatic carbocycles. The van der Waals surface area contributed by atoms with E-state index in [-0.39, 0.29) is 11.7 Å². The van der Waals surface area contributed by atoms with Gasteiger partial charge in [-0.3, -0.25) is 10.1 Å². The summed E-state index contributed by atoms with van der Waals surface area (Å²) >= 11 is 1.80. The smallest absolute Gasteiger partial charge is 0.244 e. The highest BCUT2D eigenvalue weighted by molar-refractivity contribution is 7.12. The van der Waals surface area contributed by atoms with E-state index < -0.39 is 0 Å². The number of nitrogens with one attached hydrogen (secondary N) is 1. The third-order valence-corrected chi connectivity index (χ3v) is 6.03. The number of hydrogen-bond acceptors (Lipinski definition) is 4. The monoisotopic (exact) mass is 306 g/mol. The lowest BCUT2D eigenvalue weighted by Crippen LogP contribution is -2.33. The minimum absolute atomic E-state index is 0.0843. The van der Waals surface area contributed by atoms with Crippen LogP contribution in [0.15, 0.2) is 12.1 Å². The van der Waals surface area contributed by atoms with Crippen LogP contribution < -0.4 is 5.32 Å². The fourth-order valence-electron chi connectivity index (χ4n) is 3.47. The fraction of sp³-hybridized carbons (Fsp3) is 0.688. The van der Waals surface area contributed by atoms with E-state index in [1.54, 1.807) is 11.3 Å². The summed E-state index contributed by atoms with van der Waals surface area (Å²) in [5.41, 5.74) is -0.227. The van der Waals surface area contributed by atoms with Gasteiger partial charge in [0.25, 0.3) is 0 Å². The number of ether oxygens (including phenoxy) is 1. The van der Waals surface area contributed by atoms with Crippen LogP contribution in [0.3, 0.4) is 0 Å². The largest absolute Gasteiger partial charge is 0.381 e. The van der Waals surface area contributed by atoms with Crippen LogP contribution in [0.5, 0.6) is 0 Å². The second-order valence-corrected chi connectivity index (χ2v) is 7.91. The van der Waals surface area contributed by atoms with Gasteiger partial charge in [-0.15, -0.1) is 11.3 Å². The normalized spacial score (nSPS) is 30.5. The lowest BCUT2D eigenvalue weighted by Gasteiger charge is -2.24. The van der Waals surface area contributed by atoms with Crippen molar-refractivity contribution in [1.29, 1.82) is 0 Å². The van der Waals surface area contributed by atoms with Crippen molar-refractivity contribution < 1.29 is 9.53 Å². The SMILES string of the molecule is Cc1ccc(C2NC3(CC3)C(=O)N2CCC2CCOC2)s1. The molecule has 0 aromatic carbocycles. The Morgan fingerprint density at radius 2 is 2.33 bits per heavy atom. The molecule has 1 saturated carbocycles. The molecule has 5 heteroatoms. The Morgan fingerprint density at radius 1 is 1.48 bits per heavy atom. The van der Waals surface area contributed by atoms with Crippen LogP contribution in [0.25, 0.3) is 0 Å². The summed E-state index contributed by atoms with van der Waals surface area (Å²) in [5.74, 6) is 0.941. The molecule has 21 heavy (non-hydrogen) atoms. The number of thiophene rings is 1. The summed E-state index contributed by atoms with van der Waals surface area (Å²) in [6.07, 6.45) is 4.28. The van der Waals surface area contributed by atoms with Gasteiger partial charge in [-0.1, -0.05) is 0 Å². The number of carbonyl (C=O) groups excluding carboxylic acids is 1. The summed E-state index contributed by atoms with van der Waals surface area (Å²) < 4.78 is 5.45. The number of hydrogen-bond donors (Lipinski definition) is 1. The summed E-state index contributed by atoms with van der Waals surface area (Å²) in [4.78, 5) is 17.4. The Balaban J connectivity index is 1.51. The molecule has 114 valence electrons. The molecular formula is C16H22N2O2S. The van der Waals surface area contributed by atoms with Crippen molar-refractivity contribution >= 4 is 17.2 Å². The third-order valence-electron chi connectivity index (χ3n) is 4.98. The van der Waals surface area contributed by atoms with Gasteiger partial charge >= 0.3 is 0 Å². The molecule has 3 heterocycles. The van der Waals surface area contributed by atoms with Gasteiger partial charge in [0.1, 0.15) is 11.7 Å². The van der Waals surface area contributed by atoms with Crippen molar-refractivity contribution in [3.05, 3.63) is 21.9 Å². The van der Waals surface area contributed by atoms with Crippen molar-refractivity contribution in [2.75, 3.05) is 19.8 Å². The summed E-state index contributed by atoms with van der Waals surface area (Å²) in [6.45, 7) is 4.72. The van der Waals surface area contributed by atoms with Crippen LogP contribution in [0.4, 0.5) is 0 Å². The second kappa shape index (κ2) is 5.07. The van der Waals surface area contributed by atoms with E-state index in [0.717, 1.165) is 45.4 Å². The maximum atomic E-state index is 12.7. The van der Waals surface area contributed by atoms with Crippen molar-refractivity contribution in [2.45, 2.75) is 44.3 Å². The zero-order valence-corrected chi connectivity index (χ0v) is 13.2. The minimum Gasteiger partial charge on any atom is -0.381 e. The molecule has 0 radical (unpaired) electrons. The Kier molecular flexibility index (Phi) is 3.32. The van der Waals surface area contributed by atoms with Gasteiger partial charge in [0.05, 0.1) is 0 Å². The topological polar surface area (TPSA) is 41.6 Å². The van der Waals surface area contributed by atoms with Gasteiger partial charge < -0.3 is 9.64 Å². The zero-order valence-electron chi connectivity index (χ0n) is 12.4. The molecule has 2 unspecified atom stereocenters. The van der Waals surface area contributed by atoms with Crippen molar-refractivity contribution in [3.63, 3.8) is 0 Å². The number of aryl methyl sites for hydroxylation is 1. The van der Waals surface area contributed by atoms with Crippen LogP contribution in [-0.4, -0.2) is 36.1 Å². The van der Waals surface area contributed by atoms with E-state index in [1.807, 2.05) is 0 Å². The highest BCUT2D eigenvalue weighted by atomic mass is 32.1. The van der Waals surface area contributed by atoms with E-state index >= 15 is 0 Å². The standard InChI is InChI=1S/C16H22N2O2S/c1-11-2-3-13(21-11)14-17-16(6-7-16)15(19)18(14)8-4-12-5-9-20-10-12/h2-3,12,14,17H,4-10H2,1H3. The van der Waals surface area contributed by atoms with E-state index in [1.165, 1.54) is 9.75 Å². The fourth-order valence-corrected chi connectivity index (χ4v) is 4.41. The van der Waals surface area contributed by atoms with Gasteiger partial charge in [-0.25, -0.2) is 0 Å². The van der Waals surface area contributed by atoms with Gasteiger partial charge in [0.15, 0.2) is 0 Å². The van der Waals surface area contributed by atoms with E-state index in [2.05, 4.69) is 29.3 Å². The lowest BCUT2D eigenvalue weighted by atomic mass is 10.0. The Labute approximate surface area is 129 Å². The van der Waals surface area contributed by atoms with Crippen LogP contribution >= 0.6 is 11.3 Å². The van der Waals surface area contributed by atoms with Crippen molar-refractivity contribution in [2.24, 2.45) is 5.92 Å². The summed E-state index contributed by atoms with van der Waals surface area (Å²) in [6, 6.07) is 4.31. The van der Waals surface area contributed by atoms with Crippen LogP contribution in [0.1, 0.15) is 41.6 Å². The molecule has 2 saturated heterocycles. The molecule has 1 N–H and O–H groups in total. The van der Waals surface area contributed by atoms with Gasteiger partial charge in [0, 0.05) is 29.5 Å². The predicted octanol–water partition coefficient (Wildman–Crippen LogP) is 2.45. The Morgan fingerprint density at radius 3 is 2.95 bits per heavy atom. The van der Waals surface area contributed by atoms with Gasteiger partial charge in [-0.2, -0.15) is 0 Å². The van der Waals surface area contributed by atoms with Crippen LogP contribution in [0, 0.1) is 12.8 Å². The van der Waals surface area contributed by atoms with Crippen molar-refractivity contribution in [1.82, 2.24) is 10.2 Å². The molecular weight excluding hydrogens is 284 g/mol. The molecule has 4 nitrogen and oxygen atoms in total. The van der Waals surface area contributed by atoms with Gasteiger partial charge in [-0.05, 0) is 50.7 Å². The van der Waals surface area contributed by atoms with Gasteiger partial charge in [0.2, 0.25) is 5.91 Å². The molecule has 1 amide bonds. The first-order valence-electron chi connectivity index (χ1n) is 7.91. The molecule has 1 aromatic rings. The molecule has 3 aliphatic rings. The minimum atomic E-state index is -0.227. The highest BCUT2D eigenvalue weighted by Gasteiger charge is 2.59. The maximum Gasteiger partial charge on any atom is 0.244 e. The van der Waals surface area contributed by atoms with E-state index in [9.17, 15) is 4.79 Å². The number of nitrogens with zero attached hydrogens (tertiary/aromatic N) is 1. The first kappa shape index (κ1) is 13.7. The van der Waals surface area contributed by atoms with E-state index in [4.69, 9.17) is 4.74 Å².